The number of ether oxygens (including phenoxy) is 2. The van der Waals surface area contributed by atoms with Gasteiger partial charge in [-0.05, 0) is 117 Å². The van der Waals surface area contributed by atoms with Crippen LogP contribution < -0.4 is 9.64 Å². The molecule has 0 spiro atoms. The summed E-state index contributed by atoms with van der Waals surface area (Å²) in [6.07, 6.45) is 15.5. The summed E-state index contributed by atoms with van der Waals surface area (Å²) in [5, 5.41) is 0. The Hall–Kier alpha value is -4.90. The first-order chi connectivity index (χ1) is 29.3. The van der Waals surface area contributed by atoms with Gasteiger partial charge in [-0.3, -0.25) is 14.5 Å². The number of thioether (sulfide) groups is 1. The molecule has 0 saturated carbocycles. The van der Waals surface area contributed by atoms with Crippen molar-refractivity contribution in [2.45, 2.75) is 64.2 Å². The van der Waals surface area contributed by atoms with Crippen LogP contribution in [0.5, 0.6) is 5.75 Å². The van der Waals surface area contributed by atoms with Gasteiger partial charge in [-0.1, -0.05) is 76.1 Å². The normalized spacial score (nSPS) is 16.4. The largest absolute Gasteiger partial charge is 0.489 e. The second-order valence-corrected chi connectivity index (χ2v) is 17.1. The van der Waals surface area contributed by atoms with Crippen LogP contribution in [0.3, 0.4) is 0 Å². The number of carbonyl (C=O) groups excluding carboxylic acids is 3. The van der Waals surface area contributed by atoms with Crippen molar-refractivity contribution in [3.05, 3.63) is 153 Å². The molecule has 1 heterocycles. The number of hydrogen-bond acceptors (Lipinski definition) is 8. The molecular weight excluding hydrogens is 835 g/mol. The molecule has 2 unspecified atom stereocenters. The Bertz CT molecular complexity index is 2130. The number of allylic oxidation sites excluding steroid dienone is 2. The Balaban J connectivity index is 0.979. The van der Waals surface area contributed by atoms with E-state index in [2.05, 4.69) is 98.7 Å². The molecule has 1 amide bonds. The fourth-order valence-corrected chi connectivity index (χ4v) is 8.52. The molecule has 0 aromatic heterocycles. The third-order valence-corrected chi connectivity index (χ3v) is 12.6. The number of carbonyl (C=O) groups is 3. The number of anilines is 1. The van der Waals surface area contributed by atoms with E-state index in [9.17, 15) is 14.4 Å². The Kier molecular flexibility index (Phi) is 16.8. The first-order valence-corrected chi connectivity index (χ1v) is 22.9. The van der Waals surface area contributed by atoms with Crippen molar-refractivity contribution >= 4 is 62.5 Å². The number of amides is 1. The van der Waals surface area contributed by atoms with Gasteiger partial charge < -0.3 is 24.1 Å². The summed E-state index contributed by atoms with van der Waals surface area (Å²) >= 11 is 5.28. The number of rotatable bonds is 20. The van der Waals surface area contributed by atoms with E-state index in [4.69, 9.17) is 9.47 Å². The van der Waals surface area contributed by atoms with Crippen LogP contribution in [0, 0.1) is 0 Å². The van der Waals surface area contributed by atoms with Crippen molar-refractivity contribution in [3.8, 4) is 5.75 Å². The lowest BCUT2D eigenvalue weighted by Gasteiger charge is -2.36. The highest BCUT2D eigenvalue weighted by atomic mass is 79.9. The van der Waals surface area contributed by atoms with Crippen LogP contribution >= 0.6 is 27.7 Å². The third-order valence-electron chi connectivity index (χ3n) is 11.3. The van der Waals surface area contributed by atoms with Gasteiger partial charge in [-0.15, -0.1) is 11.8 Å². The van der Waals surface area contributed by atoms with Crippen LogP contribution in [0.2, 0.25) is 0 Å². The van der Waals surface area contributed by atoms with Crippen molar-refractivity contribution in [1.29, 1.82) is 0 Å². The molecule has 1 fully saturated rings. The molecule has 0 N–H and O–H groups in total. The smallest absolute Gasteiger partial charge is 0.254 e. The van der Waals surface area contributed by atoms with E-state index in [0.29, 0.717) is 30.6 Å². The zero-order valence-electron chi connectivity index (χ0n) is 34.9. The maximum Gasteiger partial charge on any atom is 0.254 e. The zero-order valence-corrected chi connectivity index (χ0v) is 37.3. The molecule has 2 atom stereocenters. The summed E-state index contributed by atoms with van der Waals surface area (Å²) in [6.45, 7) is 7.12. The van der Waals surface area contributed by atoms with E-state index in [1.165, 1.54) is 5.57 Å². The first kappa shape index (κ1) is 44.6. The average Bonchev–Trinajstić information content (AvgIpc) is 3.30. The maximum atomic E-state index is 13.2. The minimum atomic E-state index is -0.202. The Labute approximate surface area is 368 Å². The Morgan fingerprint density at radius 1 is 0.933 bits per heavy atom. The molecule has 314 valence electrons. The van der Waals surface area contributed by atoms with Crippen LogP contribution in [0.25, 0.3) is 10.7 Å². The zero-order chi connectivity index (χ0) is 42.3. The summed E-state index contributed by atoms with van der Waals surface area (Å²) in [5.41, 5.74) is 6.37. The van der Waals surface area contributed by atoms with Crippen LogP contribution in [0.4, 0.5) is 5.69 Å². The summed E-state index contributed by atoms with van der Waals surface area (Å²) in [6, 6.07) is 32.3. The molecule has 4 aromatic rings. The first-order valence-electron chi connectivity index (χ1n) is 20.9. The number of halogens is 1. The SMILES string of the molecule is CS/C(=C(/OC1C=CC(CCCCN2CCN(c3ccc(C(=O)N(C)C(C)CCC=O)c(C=O)c3)CC2)=CC1)c1ccc(OCc2ccccc2)cc1)c1ccc(Br)cc1. The van der Waals surface area contributed by atoms with Crippen molar-refractivity contribution in [2.24, 2.45) is 0 Å². The molecule has 1 aliphatic heterocycles. The molecular formula is C50H56BrN3O5S. The molecule has 0 radical (unpaired) electrons. The average molecular weight is 891 g/mol. The van der Waals surface area contributed by atoms with Crippen LogP contribution in [-0.2, 0) is 16.1 Å². The van der Waals surface area contributed by atoms with Gasteiger partial charge >= 0.3 is 0 Å². The van der Waals surface area contributed by atoms with Gasteiger partial charge in [0.2, 0.25) is 0 Å². The lowest BCUT2D eigenvalue weighted by atomic mass is 10.00. The van der Waals surface area contributed by atoms with Crippen molar-refractivity contribution in [2.75, 3.05) is 50.9 Å². The number of unbranched alkanes of at least 4 members (excludes halogenated alkanes) is 1. The fraction of sp³-hybridized carbons (Fsp3) is 0.340. The standard InChI is InChI=1S/C50H56BrN3O5S/c1-37(10-9-33-55)52(2)50(57)47-27-22-44(34-42(47)35-56)54-31-29-53(30-32-54)28-8-7-11-38-14-23-46(24-15-38)59-48(49(60-3)41-16-20-43(51)21-17-41)40-18-25-45(26-19-40)58-36-39-12-5-4-6-13-39/h4-6,12-23,25-27,33-35,37,46H,7-11,24,28-32,36H2,1-3H3/b49-48+. The molecule has 60 heavy (non-hydrogen) atoms. The van der Waals surface area contributed by atoms with Crippen LogP contribution in [0.1, 0.15) is 82.9 Å². The second-order valence-electron chi connectivity index (χ2n) is 15.4. The number of benzene rings is 4. The third kappa shape index (κ3) is 12.3. The Morgan fingerprint density at radius 3 is 2.33 bits per heavy atom. The minimum absolute atomic E-state index is 0.0739. The van der Waals surface area contributed by atoms with Gasteiger partial charge in [0.1, 0.15) is 30.5 Å². The van der Waals surface area contributed by atoms with Gasteiger partial charge in [-0.2, -0.15) is 0 Å². The van der Waals surface area contributed by atoms with Gasteiger partial charge in [0.05, 0.1) is 10.5 Å². The van der Waals surface area contributed by atoms with E-state index in [0.717, 1.165) is 114 Å². The molecule has 6 rings (SSSR count). The van der Waals surface area contributed by atoms with E-state index in [1.54, 1.807) is 29.8 Å². The minimum Gasteiger partial charge on any atom is -0.489 e. The number of aldehydes is 2. The van der Waals surface area contributed by atoms with Gasteiger partial charge in [0, 0.05) is 73.4 Å². The highest BCUT2D eigenvalue weighted by molar-refractivity contribution is 9.10. The van der Waals surface area contributed by atoms with E-state index in [1.807, 2.05) is 49.4 Å². The molecule has 1 aliphatic carbocycles. The Morgan fingerprint density at radius 2 is 1.67 bits per heavy atom. The van der Waals surface area contributed by atoms with Crippen molar-refractivity contribution < 1.29 is 23.9 Å². The number of piperazine rings is 1. The molecule has 8 nitrogen and oxygen atoms in total. The van der Waals surface area contributed by atoms with Crippen molar-refractivity contribution in [1.82, 2.24) is 9.80 Å². The number of hydrogen-bond donors (Lipinski definition) is 0. The fourth-order valence-electron chi connectivity index (χ4n) is 7.53. The topological polar surface area (TPSA) is 79.4 Å². The molecule has 2 aliphatic rings. The lowest BCUT2D eigenvalue weighted by molar-refractivity contribution is -0.108. The highest BCUT2D eigenvalue weighted by Crippen LogP contribution is 2.38. The summed E-state index contributed by atoms with van der Waals surface area (Å²) < 4.78 is 14.0. The maximum absolute atomic E-state index is 13.2. The van der Waals surface area contributed by atoms with Crippen LogP contribution in [-0.4, -0.2) is 86.5 Å². The summed E-state index contributed by atoms with van der Waals surface area (Å²) in [7, 11) is 1.72. The van der Waals surface area contributed by atoms with Crippen molar-refractivity contribution in [3.63, 3.8) is 0 Å². The molecule has 4 aromatic carbocycles. The summed E-state index contributed by atoms with van der Waals surface area (Å²) in [4.78, 5) is 43.5. The second kappa shape index (κ2) is 22.6. The quantitative estimate of drug-likeness (QED) is 0.0376. The highest BCUT2D eigenvalue weighted by Gasteiger charge is 2.23. The predicted octanol–water partition coefficient (Wildman–Crippen LogP) is 10.7. The molecule has 1 saturated heterocycles. The lowest BCUT2D eigenvalue weighted by Crippen LogP contribution is -2.46. The van der Waals surface area contributed by atoms with Gasteiger partial charge in [0.15, 0.2) is 6.29 Å². The molecule has 10 heteroatoms. The number of nitrogens with zero attached hydrogens (tertiary/aromatic N) is 3. The van der Waals surface area contributed by atoms with E-state index >= 15 is 0 Å². The van der Waals surface area contributed by atoms with E-state index in [-0.39, 0.29) is 18.1 Å². The monoisotopic (exact) mass is 889 g/mol. The molecule has 0 bridgehead atoms. The summed E-state index contributed by atoms with van der Waals surface area (Å²) in [5.74, 6) is 1.48. The van der Waals surface area contributed by atoms with Gasteiger partial charge in [-0.25, -0.2) is 0 Å². The van der Waals surface area contributed by atoms with Crippen LogP contribution in [0.15, 0.2) is 125 Å². The van der Waals surface area contributed by atoms with Gasteiger partial charge in [0.25, 0.3) is 5.91 Å². The van der Waals surface area contributed by atoms with E-state index < -0.39 is 0 Å². The predicted molar refractivity (Wildman–Crippen MR) is 250 cm³/mol.